The van der Waals surface area contributed by atoms with Gasteiger partial charge in [-0.1, -0.05) is 6.92 Å². The van der Waals surface area contributed by atoms with Gasteiger partial charge < -0.3 is 5.32 Å². The van der Waals surface area contributed by atoms with E-state index in [4.69, 9.17) is 0 Å². The van der Waals surface area contributed by atoms with Crippen LogP contribution in [-0.4, -0.2) is 27.5 Å². The van der Waals surface area contributed by atoms with Gasteiger partial charge in [-0.3, -0.25) is 0 Å². The van der Waals surface area contributed by atoms with Crippen LogP contribution in [0, 0.1) is 11.7 Å². The van der Waals surface area contributed by atoms with E-state index in [9.17, 15) is 26.0 Å². The molecule has 1 aromatic rings. The Morgan fingerprint density at radius 1 is 1.30 bits per heavy atom. The van der Waals surface area contributed by atoms with Gasteiger partial charge in [-0.15, -0.1) is 12.4 Å². The minimum Gasteiger partial charge on any atom is -0.316 e. The van der Waals surface area contributed by atoms with E-state index in [1.807, 2.05) is 0 Å². The molecule has 132 valence electrons. The second kappa shape index (κ2) is 7.33. The average molecular weight is 377 g/mol. The molecule has 2 rings (SSSR count). The molecule has 2 unspecified atom stereocenters. The Hall–Kier alpha value is -0.900. The first-order chi connectivity index (χ1) is 10.1. The van der Waals surface area contributed by atoms with Crippen molar-refractivity contribution in [3.8, 4) is 0 Å². The minimum atomic E-state index is -4.95. The van der Waals surface area contributed by atoms with Crippen LogP contribution in [0.5, 0.6) is 0 Å². The predicted octanol–water partition coefficient (Wildman–Crippen LogP) is 2.54. The van der Waals surface area contributed by atoms with E-state index in [0.717, 1.165) is 0 Å². The number of piperidine rings is 1. The van der Waals surface area contributed by atoms with E-state index < -0.39 is 38.5 Å². The molecule has 1 saturated heterocycles. The topological polar surface area (TPSA) is 58.2 Å². The lowest BCUT2D eigenvalue weighted by Crippen LogP contribution is -2.48. The molecule has 1 heterocycles. The third-order valence-electron chi connectivity index (χ3n) is 3.63. The standard InChI is InChI=1S/C13H16F4N2O2S.ClH/c1-8-7-18-5-4-11(8)19-22(20,21)12-3-2-9(14)6-10(12)13(15,16)17;/h2-3,6,8,11,18-19H,4-5,7H2,1H3;1H. The van der Waals surface area contributed by atoms with E-state index in [0.29, 0.717) is 31.6 Å². The Morgan fingerprint density at radius 2 is 1.96 bits per heavy atom. The van der Waals surface area contributed by atoms with Crippen molar-refractivity contribution in [2.24, 2.45) is 5.92 Å². The van der Waals surface area contributed by atoms with E-state index in [2.05, 4.69) is 10.0 Å². The molecule has 0 aromatic heterocycles. The highest BCUT2D eigenvalue weighted by molar-refractivity contribution is 7.89. The predicted molar refractivity (Wildman–Crippen MR) is 79.4 cm³/mol. The SMILES string of the molecule is CC1CNCCC1NS(=O)(=O)c1ccc(F)cc1C(F)(F)F.Cl. The quantitative estimate of drug-likeness (QED) is 0.797. The van der Waals surface area contributed by atoms with Crippen molar-refractivity contribution in [1.82, 2.24) is 10.0 Å². The number of sulfonamides is 1. The first-order valence-electron chi connectivity index (χ1n) is 6.71. The number of rotatable bonds is 3. The molecule has 2 atom stereocenters. The van der Waals surface area contributed by atoms with Crippen molar-refractivity contribution in [2.75, 3.05) is 13.1 Å². The van der Waals surface area contributed by atoms with Crippen LogP contribution in [-0.2, 0) is 16.2 Å². The molecule has 0 saturated carbocycles. The maximum Gasteiger partial charge on any atom is 0.417 e. The smallest absolute Gasteiger partial charge is 0.316 e. The maximum absolute atomic E-state index is 13.1. The summed E-state index contributed by atoms with van der Waals surface area (Å²) in [6.45, 7) is 2.95. The van der Waals surface area contributed by atoms with Crippen molar-refractivity contribution in [2.45, 2.75) is 30.5 Å². The summed E-state index contributed by atoms with van der Waals surface area (Å²) >= 11 is 0. The van der Waals surface area contributed by atoms with E-state index in [1.165, 1.54) is 0 Å². The van der Waals surface area contributed by atoms with Gasteiger partial charge in [0.05, 0.1) is 10.5 Å². The van der Waals surface area contributed by atoms with Gasteiger partial charge in [-0.25, -0.2) is 17.5 Å². The van der Waals surface area contributed by atoms with Gasteiger partial charge in [0.25, 0.3) is 0 Å². The van der Waals surface area contributed by atoms with Crippen LogP contribution in [0.25, 0.3) is 0 Å². The van der Waals surface area contributed by atoms with Gasteiger partial charge in [0, 0.05) is 6.04 Å². The third kappa shape index (κ3) is 4.79. The summed E-state index contributed by atoms with van der Waals surface area (Å²) in [5, 5.41) is 3.07. The van der Waals surface area contributed by atoms with Crippen LogP contribution in [0.4, 0.5) is 17.6 Å². The van der Waals surface area contributed by atoms with Crippen molar-refractivity contribution >= 4 is 22.4 Å². The molecule has 1 fully saturated rings. The van der Waals surface area contributed by atoms with Gasteiger partial charge in [-0.05, 0) is 43.6 Å². The Bertz CT molecular complexity index is 652. The molecule has 1 aromatic carbocycles. The van der Waals surface area contributed by atoms with Crippen LogP contribution in [0.3, 0.4) is 0 Å². The summed E-state index contributed by atoms with van der Waals surface area (Å²) in [7, 11) is -4.39. The normalized spacial score (nSPS) is 22.5. The Kier molecular flexibility index (Phi) is 6.42. The van der Waals surface area contributed by atoms with Crippen LogP contribution < -0.4 is 10.0 Å². The Morgan fingerprint density at radius 3 is 2.52 bits per heavy atom. The number of halogens is 5. The number of nitrogens with one attached hydrogen (secondary N) is 2. The molecule has 10 heteroatoms. The summed E-state index contributed by atoms with van der Waals surface area (Å²) < 4.78 is 78.7. The largest absolute Gasteiger partial charge is 0.417 e. The monoisotopic (exact) mass is 376 g/mol. The van der Waals surface area contributed by atoms with Gasteiger partial charge >= 0.3 is 6.18 Å². The zero-order valence-electron chi connectivity index (χ0n) is 12.2. The first kappa shape index (κ1) is 20.1. The summed E-state index contributed by atoms with van der Waals surface area (Å²) in [6, 6.07) is 1.08. The molecule has 23 heavy (non-hydrogen) atoms. The summed E-state index contributed by atoms with van der Waals surface area (Å²) in [4.78, 5) is -0.952. The van der Waals surface area contributed by atoms with Crippen LogP contribution >= 0.6 is 12.4 Å². The maximum atomic E-state index is 13.1. The molecule has 0 spiro atoms. The lowest BCUT2D eigenvalue weighted by molar-refractivity contribution is -0.140. The third-order valence-corrected chi connectivity index (χ3v) is 5.18. The average Bonchev–Trinajstić information content (AvgIpc) is 2.40. The lowest BCUT2D eigenvalue weighted by atomic mass is 9.97. The molecule has 0 radical (unpaired) electrons. The van der Waals surface area contributed by atoms with Gasteiger partial charge in [0.1, 0.15) is 5.82 Å². The molecule has 1 aliphatic rings. The van der Waals surface area contributed by atoms with Crippen molar-refractivity contribution in [1.29, 1.82) is 0 Å². The van der Waals surface area contributed by atoms with Crippen LogP contribution in [0.1, 0.15) is 18.9 Å². The minimum absolute atomic E-state index is 0. The molecule has 2 N–H and O–H groups in total. The second-order valence-electron chi connectivity index (χ2n) is 5.34. The van der Waals surface area contributed by atoms with Crippen molar-refractivity contribution in [3.05, 3.63) is 29.6 Å². The zero-order chi connectivity index (χ0) is 16.5. The number of hydrogen-bond acceptors (Lipinski definition) is 3. The Balaban J connectivity index is 0.00000264. The van der Waals surface area contributed by atoms with Crippen LogP contribution in [0.15, 0.2) is 23.1 Å². The van der Waals surface area contributed by atoms with Crippen LogP contribution in [0.2, 0.25) is 0 Å². The first-order valence-corrected chi connectivity index (χ1v) is 8.19. The highest BCUT2D eigenvalue weighted by Gasteiger charge is 2.38. The molecular formula is C13H17ClF4N2O2S. The van der Waals surface area contributed by atoms with Crippen molar-refractivity contribution < 1.29 is 26.0 Å². The molecule has 4 nitrogen and oxygen atoms in total. The number of hydrogen-bond donors (Lipinski definition) is 2. The molecule has 1 aliphatic heterocycles. The fourth-order valence-corrected chi connectivity index (χ4v) is 4.00. The highest BCUT2D eigenvalue weighted by atomic mass is 35.5. The summed E-state index contributed by atoms with van der Waals surface area (Å²) in [6.07, 6.45) is -4.48. The highest BCUT2D eigenvalue weighted by Crippen LogP contribution is 2.34. The molecule has 0 amide bonds. The number of benzene rings is 1. The molecule has 0 aliphatic carbocycles. The summed E-state index contributed by atoms with van der Waals surface area (Å²) in [5.41, 5.74) is -1.50. The van der Waals surface area contributed by atoms with E-state index in [-0.39, 0.29) is 24.4 Å². The Labute approximate surface area is 138 Å². The fraction of sp³-hybridized carbons (Fsp3) is 0.538. The molecular weight excluding hydrogens is 360 g/mol. The zero-order valence-corrected chi connectivity index (χ0v) is 13.8. The van der Waals surface area contributed by atoms with Gasteiger partial charge in [0.15, 0.2) is 0 Å². The van der Waals surface area contributed by atoms with Gasteiger partial charge in [-0.2, -0.15) is 13.2 Å². The van der Waals surface area contributed by atoms with E-state index in [1.54, 1.807) is 6.92 Å². The van der Waals surface area contributed by atoms with Crippen molar-refractivity contribution in [3.63, 3.8) is 0 Å². The number of alkyl halides is 3. The lowest BCUT2D eigenvalue weighted by Gasteiger charge is -2.30. The summed E-state index contributed by atoms with van der Waals surface area (Å²) in [5.74, 6) is -1.19. The molecule has 0 bridgehead atoms. The second-order valence-corrected chi connectivity index (χ2v) is 7.02. The van der Waals surface area contributed by atoms with Gasteiger partial charge in [0.2, 0.25) is 10.0 Å². The fourth-order valence-electron chi connectivity index (χ4n) is 2.41. The van der Waals surface area contributed by atoms with E-state index >= 15 is 0 Å².